The van der Waals surface area contributed by atoms with Crippen molar-refractivity contribution in [2.24, 2.45) is 0 Å². The molecule has 1 aliphatic heterocycles. The van der Waals surface area contributed by atoms with Crippen LogP contribution in [0.1, 0.15) is 0 Å². The molecule has 0 saturated carbocycles. The van der Waals surface area contributed by atoms with Gasteiger partial charge in [-0.1, -0.05) is 60.7 Å². The van der Waals surface area contributed by atoms with E-state index >= 15 is 0 Å². The molecule has 0 radical (unpaired) electrons. The fourth-order valence-electron chi connectivity index (χ4n) is 3.38. The molecule has 4 nitrogen and oxygen atoms in total. The van der Waals surface area contributed by atoms with Gasteiger partial charge in [-0.15, -0.1) is 11.3 Å². The van der Waals surface area contributed by atoms with Gasteiger partial charge in [0.25, 0.3) is 0 Å². The van der Waals surface area contributed by atoms with Crippen LogP contribution >= 0.6 is 11.3 Å². The van der Waals surface area contributed by atoms with Crippen LogP contribution in [0.25, 0.3) is 32.0 Å². The van der Waals surface area contributed by atoms with Crippen molar-refractivity contribution in [3.05, 3.63) is 66.7 Å². The van der Waals surface area contributed by atoms with Crippen molar-refractivity contribution in [3.63, 3.8) is 0 Å². The van der Waals surface area contributed by atoms with Crippen molar-refractivity contribution in [2.75, 3.05) is 31.2 Å². The van der Waals surface area contributed by atoms with Gasteiger partial charge in [0.15, 0.2) is 5.82 Å². The first-order valence-electron chi connectivity index (χ1n) is 9.13. The highest BCUT2D eigenvalue weighted by atomic mass is 32.1. The summed E-state index contributed by atoms with van der Waals surface area (Å²) < 4.78 is 5.54. The van der Waals surface area contributed by atoms with Crippen LogP contribution in [0.5, 0.6) is 0 Å². The number of aromatic nitrogens is 2. The highest BCUT2D eigenvalue weighted by Crippen LogP contribution is 2.38. The monoisotopic (exact) mass is 373 g/mol. The van der Waals surface area contributed by atoms with Gasteiger partial charge in [0, 0.05) is 23.5 Å². The summed E-state index contributed by atoms with van der Waals surface area (Å²) in [5, 5.41) is 1.13. The molecule has 5 heteroatoms. The summed E-state index contributed by atoms with van der Waals surface area (Å²) in [6, 6.07) is 22.9. The highest BCUT2D eigenvalue weighted by molar-refractivity contribution is 7.22. The SMILES string of the molecule is c1ccc(-c2nc(N3CCOCC3)c3cc(-c4ccccc4)sc3n2)cc1. The maximum absolute atomic E-state index is 5.54. The fourth-order valence-corrected chi connectivity index (χ4v) is 4.41. The molecule has 1 saturated heterocycles. The van der Waals surface area contributed by atoms with E-state index in [1.807, 2.05) is 24.3 Å². The Hall–Kier alpha value is -2.76. The molecule has 0 aliphatic carbocycles. The third-order valence-electron chi connectivity index (χ3n) is 4.77. The van der Waals surface area contributed by atoms with E-state index in [1.165, 1.54) is 10.4 Å². The molecule has 0 spiro atoms. The normalized spacial score (nSPS) is 14.6. The van der Waals surface area contributed by atoms with Crippen LogP contribution in [0.15, 0.2) is 66.7 Å². The molecule has 5 rings (SSSR count). The van der Waals surface area contributed by atoms with Gasteiger partial charge in [-0.25, -0.2) is 9.97 Å². The number of morpholine rings is 1. The highest BCUT2D eigenvalue weighted by Gasteiger charge is 2.20. The van der Waals surface area contributed by atoms with E-state index in [2.05, 4.69) is 47.4 Å². The van der Waals surface area contributed by atoms with E-state index < -0.39 is 0 Å². The van der Waals surface area contributed by atoms with Crippen LogP contribution in [0.2, 0.25) is 0 Å². The molecule has 2 aromatic carbocycles. The molecule has 4 aromatic rings. The van der Waals surface area contributed by atoms with Crippen molar-refractivity contribution in [1.29, 1.82) is 0 Å². The molecule has 0 atom stereocenters. The molecule has 0 amide bonds. The van der Waals surface area contributed by atoms with E-state index in [-0.39, 0.29) is 0 Å². The first kappa shape index (κ1) is 16.4. The lowest BCUT2D eigenvalue weighted by Gasteiger charge is -2.28. The number of ether oxygens (including phenoxy) is 1. The summed E-state index contributed by atoms with van der Waals surface area (Å²) in [5.74, 6) is 1.80. The quantitative estimate of drug-likeness (QED) is 0.514. The standard InChI is InChI=1S/C22H19N3OS/c1-3-7-16(8-4-1)19-15-18-21(25-11-13-26-14-12-25)23-20(24-22(18)27-19)17-9-5-2-6-10-17/h1-10,15H,11-14H2. The van der Waals surface area contributed by atoms with Gasteiger partial charge >= 0.3 is 0 Å². The predicted octanol–water partition coefficient (Wildman–Crippen LogP) is 4.86. The Kier molecular flexibility index (Phi) is 4.32. The lowest BCUT2D eigenvalue weighted by Crippen LogP contribution is -2.37. The minimum absolute atomic E-state index is 0.738. The number of thiophene rings is 1. The Morgan fingerprint density at radius 3 is 2.19 bits per heavy atom. The summed E-state index contributed by atoms with van der Waals surface area (Å²) in [4.78, 5) is 14.4. The van der Waals surface area contributed by atoms with Gasteiger partial charge in [-0.2, -0.15) is 0 Å². The van der Waals surface area contributed by atoms with E-state index in [1.54, 1.807) is 11.3 Å². The van der Waals surface area contributed by atoms with Gasteiger partial charge in [0.1, 0.15) is 10.6 Å². The Balaban J connectivity index is 1.69. The number of rotatable bonds is 3. The lowest BCUT2D eigenvalue weighted by molar-refractivity contribution is 0.122. The van der Waals surface area contributed by atoms with E-state index in [0.29, 0.717) is 0 Å². The van der Waals surface area contributed by atoms with Gasteiger partial charge in [-0.05, 0) is 11.6 Å². The maximum atomic E-state index is 5.54. The third-order valence-corrected chi connectivity index (χ3v) is 5.85. The van der Waals surface area contributed by atoms with Crippen LogP contribution in [0, 0.1) is 0 Å². The second-order valence-electron chi connectivity index (χ2n) is 6.53. The van der Waals surface area contributed by atoms with Gasteiger partial charge < -0.3 is 9.64 Å². The van der Waals surface area contributed by atoms with Crippen LogP contribution in [0.3, 0.4) is 0 Å². The molecule has 134 valence electrons. The van der Waals surface area contributed by atoms with Crippen molar-refractivity contribution < 1.29 is 4.74 Å². The molecule has 1 aliphatic rings. The summed E-state index contributed by atoms with van der Waals surface area (Å²) >= 11 is 1.73. The Morgan fingerprint density at radius 1 is 0.815 bits per heavy atom. The van der Waals surface area contributed by atoms with E-state index in [0.717, 1.165) is 53.7 Å². The van der Waals surface area contributed by atoms with Crippen molar-refractivity contribution >= 4 is 27.4 Å². The Labute approximate surface area is 162 Å². The number of benzene rings is 2. The fraction of sp³-hybridized carbons (Fsp3) is 0.182. The minimum atomic E-state index is 0.738. The van der Waals surface area contributed by atoms with E-state index in [4.69, 9.17) is 14.7 Å². The summed E-state index contributed by atoms with van der Waals surface area (Å²) in [7, 11) is 0. The van der Waals surface area contributed by atoms with Crippen molar-refractivity contribution in [3.8, 4) is 21.8 Å². The Morgan fingerprint density at radius 2 is 1.48 bits per heavy atom. The van der Waals surface area contributed by atoms with Gasteiger partial charge in [0.05, 0.1) is 18.6 Å². The van der Waals surface area contributed by atoms with Crippen LogP contribution < -0.4 is 4.90 Å². The Bertz CT molecular complexity index is 1060. The molecule has 1 fully saturated rings. The van der Waals surface area contributed by atoms with Gasteiger partial charge in [0.2, 0.25) is 0 Å². The molecular weight excluding hydrogens is 354 g/mol. The summed E-state index contributed by atoms with van der Waals surface area (Å²) in [6.07, 6.45) is 0. The third kappa shape index (κ3) is 3.20. The largest absolute Gasteiger partial charge is 0.378 e. The number of anilines is 1. The van der Waals surface area contributed by atoms with Crippen LogP contribution in [0.4, 0.5) is 5.82 Å². The molecule has 27 heavy (non-hydrogen) atoms. The zero-order valence-electron chi connectivity index (χ0n) is 14.8. The van der Waals surface area contributed by atoms with Crippen LogP contribution in [-0.4, -0.2) is 36.3 Å². The average molecular weight is 373 g/mol. The molecular formula is C22H19N3OS. The number of hydrogen-bond donors (Lipinski definition) is 0. The smallest absolute Gasteiger partial charge is 0.163 e. The predicted molar refractivity (Wildman–Crippen MR) is 111 cm³/mol. The molecule has 0 unspecified atom stereocenters. The lowest BCUT2D eigenvalue weighted by atomic mass is 10.1. The van der Waals surface area contributed by atoms with Crippen LogP contribution in [-0.2, 0) is 4.74 Å². The zero-order valence-corrected chi connectivity index (χ0v) is 15.7. The molecule has 2 aromatic heterocycles. The van der Waals surface area contributed by atoms with Crippen molar-refractivity contribution in [1.82, 2.24) is 9.97 Å². The zero-order chi connectivity index (χ0) is 18.1. The summed E-state index contributed by atoms with van der Waals surface area (Å²) in [6.45, 7) is 3.19. The second kappa shape index (κ2) is 7.10. The first-order chi connectivity index (χ1) is 13.4. The summed E-state index contributed by atoms with van der Waals surface area (Å²) in [5.41, 5.74) is 2.26. The number of hydrogen-bond acceptors (Lipinski definition) is 5. The molecule has 0 bridgehead atoms. The van der Waals surface area contributed by atoms with Crippen molar-refractivity contribution in [2.45, 2.75) is 0 Å². The average Bonchev–Trinajstić information content (AvgIpc) is 3.19. The van der Waals surface area contributed by atoms with Gasteiger partial charge in [-0.3, -0.25) is 0 Å². The molecule has 0 N–H and O–H groups in total. The first-order valence-corrected chi connectivity index (χ1v) is 9.95. The second-order valence-corrected chi connectivity index (χ2v) is 7.56. The number of fused-ring (bicyclic) bond motifs is 1. The maximum Gasteiger partial charge on any atom is 0.163 e. The molecule has 3 heterocycles. The minimum Gasteiger partial charge on any atom is -0.378 e. The van der Waals surface area contributed by atoms with E-state index in [9.17, 15) is 0 Å². The topological polar surface area (TPSA) is 38.2 Å². The number of nitrogens with zero attached hydrogens (tertiary/aromatic N) is 3.